The molecule has 0 unspecified atom stereocenters. The van der Waals surface area contributed by atoms with Crippen molar-refractivity contribution in [2.75, 3.05) is 0 Å². The maximum absolute atomic E-state index is 12.7. The van der Waals surface area contributed by atoms with Crippen LogP contribution in [0.15, 0.2) is 48.5 Å². The maximum Gasteiger partial charge on any atom is 0.261 e. The minimum Gasteiger partial charge on any atom is -0.349 e. The average Bonchev–Trinajstić information content (AvgIpc) is 2.89. The summed E-state index contributed by atoms with van der Waals surface area (Å²) in [7, 11) is 0. The summed E-state index contributed by atoms with van der Waals surface area (Å²) in [6.45, 7) is 0.164. The molecule has 1 N–H and O–H groups in total. The molecule has 0 atom stereocenters. The molecule has 28 heavy (non-hydrogen) atoms. The van der Waals surface area contributed by atoms with Crippen molar-refractivity contribution in [3.8, 4) is 0 Å². The minimum atomic E-state index is -0.283. The summed E-state index contributed by atoms with van der Waals surface area (Å²) >= 11 is 0. The Labute approximate surface area is 164 Å². The highest BCUT2D eigenvalue weighted by molar-refractivity contribution is 6.21. The molecule has 5 nitrogen and oxygen atoms in total. The number of amides is 3. The maximum atomic E-state index is 12.7. The smallest absolute Gasteiger partial charge is 0.261 e. The van der Waals surface area contributed by atoms with E-state index in [1.54, 1.807) is 42.5 Å². The van der Waals surface area contributed by atoms with Gasteiger partial charge in [-0.2, -0.15) is 0 Å². The van der Waals surface area contributed by atoms with Crippen molar-refractivity contribution in [2.24, 2.45) is 0 Å². The Kier molecular flexibility index (Phi) is 5.24. The van der Waals surface area contributed by atoms with Gasteiger partial charge in [-0.15, -0.1) is 0 Å². The molecule has 5 heteroatoms. The van der Waals surface area contributed by atoms with Crippen LogP contribution in [0.5, 0.6) is 0 Å². The summed E-state index contributed by atoms with van der Waals surface area (Å²) in [5.74, 6) is -0.654. The van der Waals surface area contributed by atoms with Crippen LogP contribution in [0.1, 0.15) is 75.2 Å². The first-order valence-corrected chi connectivity index (χ1v) is 9.98. The summed E-state index contributed by atoms with van der Waals surface area (Å²) < 4.78 is 0. The third kappa shape index (κ3) is 3.70. The second-order valence-corrected chi connectivity index (χ2v) is 7.60. The molecule has 0 bridgehead atoms. The highest BCUT2D eigenvalue weighted by Crippen LogP contribution is 2.24. The topological polar surface area (TPSA) is 66.5 Å². The van der Waals surface area contributed by atoms with Crippen LogP contribution in [-0.4, -0.2) is 28.7 Å². The lowest BCUT2D eigenvalue weighted by Crippen LogP contribution is -2.34. The van der Waals surface area contributed by atoms with E-state index >= 15 is 0 Å². The molecule has 0 saturated heterocycles. The van der Waals surface area contributed by atoms with E-state index in [1.165, 1.54) is 17.7 Å². The van der Waals surface area contributed by atoms with Crippen molar-refractivity contribution in [1.82, 2.24) is 10.2 Å². The molecule has 0 radical (unpaired) electrons. The van der Waals surface area contributed by atoms with Crippen LogP contribution in [0, 0.1) is 0 Å². The number of imide groups is 1. The Balaban J connectivity index is 1.46. The standard InChI is InChI=1S/C23H24N2O3/c26-21(24-18-10-3-1-2-4-11-18)17-9-7-8-16(14-17)15-25-22(27)19-12-5-6-13-20(19)23(25)28/h5-9,12-14,18H,1-4,10-11,15H2,(H,24,26). The first-order chi connectivity index (χ1) is 13.6. The molecule has 0 aromatic heterocycles. The van der Waals surface area contributed by atoms with Crippen molar-refractivity contribution < 1.29 is 14.4 Å². The van der Waals surface area contributed by atoms with E-state index in [4.69, 9.17) is 0 Å². The Morgan fingerprint density at radius 2 is 1.54 bits per heavy atom. The van der Waals surface area contributed by atoms with E-state index in [9.17, 15) is 14.4 Å². The lowest BCUT2D eigenvalue weighted by molar-refractivity contribution is 0.0642. The van der Waals surface area contributed by atoms with Crippen LogP contribution in [0.2, 0.25) is 0 Å². The second kappa shape index (κ2) is 7.97. The summed E-state index contributed by atoms with van der Waals surface area (Å²) in [6, 6.07) is 14.3. The molecule has 1 fully saturated rings. The zero-order valence-electron chi connectivity index (χ0n) is 15.8. The first kappa shape index (κ1) is 18.4. The van der Waals surface area contributed by atoms with Crippen LogP contribution in [0.25, 0.3) is 0 Å². The molecule has 1 aliphatic heterocycles. The van der Waals surface area contributed by atoms with Gasteiger partial charge in [0.2, 0.25) is 0 Å². The normalized spacial score (nSPS) is 17.4. The fourth-order valence-electron chi connectivity index (χ4n) is 4.07. The first-order valence-electron chi connectivity index (χ1n) is 9.98. The van der Waals surface area contributed by atoms with Gasteiger partial charge in [0.15, 0.2) is 0 Å². The minimum absolute atomic E-state index is 0.0869. The van der Waals surface area contributed by atoms with Crippen LogP contribution >= 0.6 is 0 Å². The Morgan fingerprint density at radius 1 is 0.893 bits per heavy atom. The zero-order chi connectivity index (χ0) is 19.5. The zero-order valence-corrected chi connectivity index (χ0v) is 15.8. The van der Waals surface area contributed by atoms with Gasteiger partial charge < -0.3 is 5.32 Å². The van der Waals surface area contributed by atoms with Crippen LogP contribution in [0.3, 0.4) is 0 Å². The third-order valence-electron chi connectivity index (χ3n) is 5.60. The summed E-state index contributed by atoms with van der Waals surface area (Å²) in [6.07, 6.45) is 6.85. The van der Waals surface area contributed by atoms with E-state index < -0.39 is 0 Å². The van der Waals surface area contributed by atoms with E-state index in [0.29, 0.717) is 16.7 Å². The number of hydrogen-bond donors (Lipinski definition) is 1. The summed E-state index contributed by atoms with van der Waals surface area (Å²) in [4.78, 5) is 39.0. The van der Waals surface area contributed by atoms with Crippen molar-refractivity contribution in [3.05, 3.63) is 70.8 Å². The lowest BCUT2D eigenvalue weighted by Gasteiger charge is -2.17. The third-order valence-corrected chi connectivity index (χ3v) is 5.60. The number of fused-ring (bicyclic) bond motifs is 1. The van der Waals surface area contributed by atoms with Crippen molar-refractivity contribution >= 4 is 17.7 Å². The molecule has 1 saturated carbocycles. The van der Waals surface area contributed by atoms with Crippen molar-refractivity contribution in [2.45, 2.75) is 51.1 Å². The van der Waals surface area contributed by atoms with Gasteiger partial charge in [0.1, 0.15) is 0 Å². The molecule has 3 amide bonds. The molecule has 4 rings (SSSR count). The molecule has 0 spiro atoms. The Bertz CT molecular complexity index is 879. The molecular weight excluding hydrogens is 352 g/mol. The van der Waals surface area contributed by atoms with Gasteiger partial charge in [-0.25, -0.2) is 0 Å². The fraction of sp³-hybridized carbons (Fsp3) is 0.348. The predicted molar refractivity (Wildman–Crippen MR) is 106 cm³/mol. The van der Waals surface area contributed by atoms with Gasteiger partial charge in [-0.1, -0.05) is 49.9 Å². The molecule has 1 heterocycles. The van der Waals surface area contributed by atoms with Gasteiger partial charge in [0.05, 0.1) is 17.7 Å². The van der Waals surface area contributed by atoms with Crippen molar-refractivity contribution in [3.63, 3.8) is 0 Å². The van der Waals surface area contributed by atoms with Crippen LogP contribution < -0.4 is 5.32 Å². The second-order valence-electron chi connectivity index (χ2n) is 7.60. The van der Waals surface area contributed by atoms with E-state index in [1.807, 2.05) is 6.07 Å². The number of carbonyl (C=O) groups is 3. The molecule has 2 aromatic carbocycles. The van der Waals surface area contributed by atoms with Crippen LogP contribution in [0.4, 0.5) is 0 Å². The number of benzene rings is 2. The van der Waals surface area contributed by atoms with Gasteiger partial charge in [0.25, 0.3) is 17.7 Å². The molecule has 2 aliphatic rings. The van der Waals surface area contributed by atoms with Crippen molar-refractivity contribution in [1.29, 1.82) is 0 Å². The van der Waals surface area contributed by atoms with Gasteiger partial charge in [0, 0.05) is 11.6 Å². The van der Waals surface area contributed by atoms with Gasteiger partial charge in [-0.3, -0.25) is 19.3 Å². The Morgan fingerprint density at radius 3 is 2.18 bits per heavy atom. The summed E-state index contributed by atoms with van der Waals surface area (Å²) in [5.41, 5.74) is 2.21. The summed E-state index contributed by atoms with van der Waals surface area (Å²) in [5, 5.41) is 3.14. The number of nitrogens with zero attached hydrogens (tertiary/aromatic N) is 1. The van der Waals surface area contributed by atoms with E-state index in [2.05, 4.69) is 5.32 Å². The fourth-order valence-corrected chi connectivity index (χ4v) is 4.07. The number of nitrogens with one attached hydrogen (secondary N) is 1. The quantitative estimate of drug-likeness (QED) is 0.649. The van der Waals surface area contributed by atoms with E-state index in [-0.39, 0.29) is 30.3 Å². The largest absolute Gasteiger partial charge is 0.349 e. The highest BCUT2D eigenvalue weighted by atomic mass is 16.2. The number of hydrogen-bond acceptors (Lipinski definition) is 3. The van der Waals surface area contributed by atoms with Gasteiger partial charge >= 0.3 is 0 Å². The average molecular weight is 376 g/mol. The van der Waals surface area contributed by atoms with E-state index in [0.717, 1.165) is 31.2 Å². The SMILES string of the molecule is O=C(NC1CCCCCC1)c1cccc(CN2C(=O)c3ccccc3C2=O)c1. The Hall–Kier alpha value is -2.95. The number of rotatable bonds is 4. The monoisotopic (exact) mass is 376 g/mol. The highest BCUT2D eigenvalue weighted by Gasteiger charge is 2.35. The molecule has 144 valence electrons. The van der Waals surface area contributed by atoms with Gasteiger partial charge in [-0.05, 0) is 42.7 Å². The lowest BCUT2D eigenvalue weighted by atomic mass is 10.1. The van der Waals surface area contributed by atoms with Crippen LogP contribution in [-0.2, 0) is 6.54 Å². The molecular formula is C23H24N2O3. The number of carbonyl (C=O) groups excluding carboxylic acids is 3. The molecule has 1 aliphatic carbocycles. The molecule has 2 aromatic rings. The predicted octanol–water partition coefficient (Wildman–Crippen LogP) is 3.94.